The third kappa shape index (κ3) is 2.61. The van der Waals surface area contributed by atoms with Gasteiger partial charge in [0.05, 0.1) is 11.8 Å². The smallest absolute Gasteiger partial charge is 0.307 e. The average molecular weight is 239 g/mol. The standard InChI is InChI=1S/C13H21NO3/c1-2-9-6-4-3-5-7-14(9)12(15)10-8-11(10)13(16)17/h9-11H,2-8H2,1H3,(H,16,17). The fraction of sp³-hybridized carbons (Fsp3) is 0.846. The molecule has 2 rings (SSSR count). The number of nitrogens with zero attached hydrogens (tertiary/aromatic N) is 1. The van der Waals surface area contributed by atoms with Crippen molar-refractivity contribution in [3.8, 4) is 0 Å². The van der Waals surface area contributed by atoms with Crippen LogP contribution in [0.4, 0.5) is 0 Å². The van der Waals surface area contributed by atoms with Gasteiger partial charge in [0, 0.05) is 12.6 Å². The fourth-order valence-electron chi connectivity index (χ4n) is 2.85. The van der Waals surface area contributed by atoms with Gasteiger partial charge >= 0.3 is 5.97 Å². The van der Waals surface area contributed by atoms with Crippen molar-refractivity contribution >= 4 is 11.9 Å². The van der Waals surface area contributed by atoms with Crippen molar-refractivity contribution in [1.82, 2.24) is 4.90 Å². The quantitative estimate of drug-likeness (QED) is 0.818. The molecule has 2 fully saturated rings. The van der Waals surface area contributed by atoms with Crippen LogP contribution < -0.4 is 0 Å². The first-order valence-corrected chi connectivity index (χ1v) is 6.68. The molecule has 3 atom stereocenters. The Balaban J connectivity index is 1.99. The van der Waals surface area contributed by atoms with Gasteiger partial charge in [-0.05, 0) is 25.7 Å². The maximum absolute atomic E-state index is 12.3. The lowest BCUT2D eigenvalue weighted by molar-refractivity contribution is -0.142. The van der Waals surface area contributed by atoms with Crippen LogP contribution in [0.5, 0.6) is 0 Å². The zero-order valence-electron chi connectivity index (χ0n) is 10.4. The molecule has 0 aromatic rings. The summed E-state index contributed by atoms with van der Waals surface area (Å²) in [5.41, 5.74) is 0. The van der Waals surface area contributed by atoms with Crippen LogP contribution in [0.2, 0.25) is 0 Å². The van der Waals surface area contributed by atoms with Crippen molar-refractivity contribution in [3.05, 3.63) is 0 Å². The molecule has 4 nitrogen and oxygen atoms in total. The highest BCUT2D eigenvalue weighted by atomic mass is 16.4. The zero-order valence-corrected chi connectivity index (χ0v) is 10.4. The summed E-state index contributed by atoms with van der Waals surface area (Å²) in [7, 11) is 0. The van der Waals surface area contributed by atoms with E-state index in [9.17, 15) is 9.59 Å². The Morgan fingerprint density at radius 3 is 2.59 bits per heavy atom. The number of rotatable bonds is 3. The van der Waals surface area contributed by atoms with Crippen LogP contribution in [0.3, 0.4) is 0 Å². The Morgan fingerprint density at radius 1 is 1.24 bits per heavy atom. The summed E-state index contributed by atoms with van der Waals surface area (Å²) < 4.78 is 0. The van der Waals surface area contributed by atoms with Crippen LogP contribution in [-0.2, 0) is 9.59 Å². The van der Waals surface area contributed by atoms with Gasteiger partial charge in [-0.2, -0.15) is 0 Å². The normalized spacial score (nSPS) is 33.0. The third-order valence-electron chi connectivity index (χ3n) is 4.06. The second-order valence-electron chi connectivity index (χ2n) is 5.23. The first-order chi connectivity index (χ1) is 8.15. The molecule has 0 spiro atoms. The van der Waals surface area contributed by atoms with Gasteiger partial charge in [-0.1, -0.05) is 19.8 Å². The number of carboxylic acid groups (broad SMARTS) is 1. The average Bonchev–Trinajstić information content (AvgIpc) is 3.11. The molecular formula is C13H21NO3. The lowest BCUT2D eigenvalue weighted by atomic mass is 10.1. The number of hydrogen-bond acceptors (Lipinski definition) is 2. The predicted octanol–water partition coefficient (Wildman–Crippen LogP) is 1.89. The second-order valence-corrected chi connectivity index (χ2v) is 5.23. The Hall–Kier alpha value is -1.06. The van der Waals surface area contributed by atoms with Crippen molar-refractivity contribution in [2.24, 2.45) is 11.8 Å². The molecule has 1 saturated carbocycles. The van der Waals surface area contributed by atoms with E-state index >= 15 is 0 Å². The van der Waals surface area contributed by atoms with E-state index in [-0.39, 0.29) is 11.8 Å². The molecule has 96 valence electrons. The van der Waals surface area contributed by atoms with E-state index in [1.165, 1.54) is 12.8 Å². The van der Waals surface area contributed by atoms with E-state index in [0.29, 0.717) is 12.5 Å². The molecule has 4 heteroatoms. The maximum atomic E-state index is 12.3. The third-order valence-corrected chi connectivity index (χ3v) is 4.06. The summed E-state index contributed by atoms with van der Waals surface area (Å²) in [5, 5.41) is 8.88. The van der Waals surface area contributed by atoms with E-state index in [1.807, 2.05) is 4.90 Å². The SMILES string of the molecule is CCC1CCCCCN1C(=O)C1CC1C(=O)O. The van der Waals surface area contributed by atoms with Gasteiger partial charge in [0.1, 0.15) is 0 Å². The summed E-state index contributed by atoms with van der Waals surface area (Å²) in [4.78, 5) is 25.0. The summed E-state index contributed by atoms with van der Waals surface area (Å²) in [6.07, 6.45) is 6.04. The first kappa shape index (κ1) is 12.4. The maximum Gasteiger partial charge on any atom is 0.307 e. The molecule has 0 aromatic carbocycles. The van der Waals surface area contributed by atoms with Crippen LogP contribution in [-0.4, -0.2) is 34.5 Å². The number of hydrogen-bond donors (Lipinski definition) is 1. The van der Waals surface area contributed by atoms with Gasteiger partial charge in [0.2, 0.25) is 5.91 Å². The van der Waals surface area contributed by atoms with Gasteiger partial charge in [0.25, 0.3) is 0 Å². The number of carbonyl (C=O) groups excluding carboxylic acids is 1. The number of likely N-dealkylation sites (tertiary alicyclic amines) is 1. The predicted molar refractivity (Wildman–Crippen MR) is 63.5 cm³/mol. The van der Waals surface area contributed by atoms with Crippen molar-refractivity contribution < 1.29 is 14.7 Å². The molecule has 1 aliphatic carbocycles. The molecule has 0 radical (unpaired) electrons. The van der Waals surface area contributed by atoms with Crippen molar-refractivity contribution in [3.63, 3.8) is 0 Å². The van der Waals surface area contributed by atoms with Crippen LogP contribution in [0, 0.1) is 11.8 Å². The van der Waals surface area contributed by atoms with Crippen LogP contribution >= 0.6 is 0 Å². The number of aliphatic carboxylic acids is 1. The van der Waals surface area contributed by atoms with E-state index in [2.05, 4.69) is 6.92 Å². The summed E-state index contributed by atoms with van der Waals surface area (Å²) in [6, 6.07) is 0.333. The van der Waals surface area contributed by atoms with Gasteiger partial charge in [-0.15, -0.1) is 0 Å². The molecule has 17 heavy (non-hydrogen) atoms. The van der Waals surface area contributed by atoms with E-state index in [0.717, 1.165) is 25.8 Å². The number of amides is 1. The number of carboxylic acids is 1. The number of carbonyl (C=O) groups is 2. The Bertz CT molecular complexity index is 316. The molecule has 0 bridgehead atoms. The summed E-state index contributed by atoms with van der Waals surface area (Å²) >= 11 is 0. The van der Waals surface area contributed by atoms with Crippen molar-refractivity contribution in [2.75, 3.05) is 6.54 Å². The van der Waals surface area contributed by atoms with Crippen molar-refractivity contribution in [2.45, 2.75) is 51.5 Å². The van der Waals surface area contributed by atoms with Crippen LogP contribution in [0.15, 0.2) is 0 Å². The summed E-state index contributed by atoms with van der Waals surface area (Å²) in [6.45, 7) is 2.93. The minimum absolute atomic E-state index is 0.0890. The minimum Gasteiger partial charge on any atom is -0.481 e. The highest BCUT2D eigenvalue weighted by Crippen LogP contribution is 2.41. The molecule has 2 aliphatic rings. The van der Waals surface area contributed by atoms with Gasteiger partial charge < -0.3 is 10.0 Å². The van der Waals surface area contributed by atoms with Gasteiger partial charge in [-0.25, -0.2) is 0 Å². The molecule has 1 saturated heterocycles. The van der Waals surface area contributed by atoms with Gasteiger partial charge in [0.15, 0.2) is 0 Å². The van der Waals surface area contributed by atoms with E-state index < -0.39 is 11.9 Å². The highest BCUT2D eigenvalue weighted by molar-refractivity contribution is 5.89. The molecular weight excluding hydrogens is 218 g/mol. The highest BCUT2D eigenvalue weighted by Gasteiger charge is 2.50. The molecule has 1 heterocycles. The zero-order chi connectivity index (χ0) is 12.4. The molecule has 3 unspecified atom stereocenters. The van der Waals surface area contributed by atoms with Crippen LogP contribution in [0.1, 0.15) is 45.4 Å². The minimum atomic E-state index is -0.814. The Kier molecular flexibility index (Phi) is 3.69. The summed E-state index contributed by atoms with van der Waals surface area (Å²) in [5.74, 6) is -1.37. The largest absolute Gasteiger partial charge is 0.481 e. The fourth-order valence-corrected chi connectivity index (χ4v) is 2.85. The van der Waals surface area contributed by atoms with E-state index in [4.69, 9.17) is 5.11 Å². The molecule has 1 N–H and O–H groups in total. The first-order valence-electron chi connectivity index (χ1n) is 6.68. The lowest BCUT2D eigenvalue weighted by Gasteiger charge is -2.29. The monoisotopic (exact) mass is 239 g/mol. The van der Waals surface area contributed by atoms with E-state index in [1.54, 1.807) is 0 Å². The van der Waals surface area contributed by atoms with Crippen molar-refractivity contribution in [1.29, 1.82) is 0 Å². The second kappa shape index (κ2) is 5.07. The van der Waals surface area contributed by atoms with Gasteiger partial charge in [-0.3, -0.25) is 9.59 Å². The lowest BCUT2D eigenvalue weighted by Crippen LogP contribution is -2.41. The van der Waals surface area contributed by atoms with Crippen LogP contribution in [0.25, 0.3) is 0 Å². The topological polar surface area (TPSA) is 57.6 Å². The Labute approximate surface area is 102 Å². The Morgan fingerprint density at radius 2 is 2.00 bits per heavy atom. The molecule has 1 amide bonds. The molecule has 1 aliphatic heterocycles. The molecule has 0 aromatic heterocycles.